The molecule has 3 nitrogen and oxygen atoms in total. The lowest BCUT2D eigenvalue weighted by Gasteiger charge is -2.11. The van der Waals surface area contributed by atoms with Gasteiger partial charge < -0.3 is 9.47 Å². The highest BCUT2D eigenvalue weighted by atomic mass is 79.9. The number of hydrogen-bond donors (Lipinski definition) is 0. The molecule has 15 heavy (non-hydrogen) atoms. The Morgan fingerprint density at radius 2 is 2.07 bits per heavy atom. The van der Waals surface area contributed by atoms with Gasteiger partial charge in [-0.25, -0.2) is 0 Å². The van der Waals surface area contributed by atoms with Crippen LogP contribution in [0.25, 0.3) is 0 Å². The van der Waals surface area contributed by atoms with Gasteiger partial charge in [0.25, 0.3) is 0 Å². The van der Waals surface area contributed by atoms with Gasteiger partial charge >= 0.3 is 5.97 Å². The quantitative estimate of drug-likeness (QED) is 0.794. The van der Waals surface area contributed by atoms with Crippen LogP contribution in [0.3, 0.4) is 0 Å². The molecular formula is C11H13BrO3. The molecule has 0 aliphatic rings. The maximum atomic E-state index is 11.2. The molecule has 0 fully saturated rings. The van der Waals surface area contributed by atoms with E-state index in [1.54, 1.807) is 7.11 Å². The maximum Gasteiger partial charge on any atom is 0.310 e. The minimum atomic E-state index is -0.278. The van der Waals surface area contributed by atoms with Gasteiger partial charge in [0.15, 0.2) is 0 Å². The van der Waals surface area contributed by atoms with Crippen LogP contribution in [-0.4, -0.2) is 20.2 Å². The maximum absolute atomic E-state index is 11.2. The Bertz CT molecular complexity index is 374. The number of ether oxygens (including phenoxy) is 2. The number of aryl methyl sites for hydroxylation is 1. The highest BCUT2D eigenvalue weighted by Gasteiger charge is 2.13. The first kappa shape index (κ1) is 12.0. The van der Waals surface area contributed by atoms with Crippen LogP contribution in [0.4, 0.5) is 0 Å². The van der Waals surface area contributed by atoms with Crippen molar-refractivity contribution in [3.05, 3.63) is 27.7 Å². The molecule has 0 N–H and O–H groups in total. The van der Waals surface area contributed by atoms with Crippen LogP contribution in [0.1, 0.15) is 11.1 Å². The second-order valence-corrected chi connectivity index (χ2v) is 3.92. The Morgan fingerprint density at radius 1 is 1.40 bits per heavy atom. The van der Waals surface area contributed by atoms with Gasteiger partial charge in [0.1, 0.15) is 5.75 Å². The van der Waals surface area contributed by atoms with E-state index < -0.39 is 0 Å². The molecule has 0 amide bonds. The monoisotopic (exact) mass is 272 g/mol. The van der Waals surface area contributed by atoms with Crippen molar-refractivity contribution in [2.75, 3.05) is 14.2 Å². The molecule has 0 saturated heterocycles. The molecule has 0 aliphatic carbocycles. The number of rotatable bonds is 3. The van der Waals surface area contributed by atoms with E-state index in [0.29, 0.717) is 5.75 Å². The van der Waals surface area contributed by atoms with Gasteiger partial charge in [-0.05, 0) is 18.6 Å². The highest BCUT2D eigenvalue weighted by Crippen LogP contribution is 2.30. The van der Waals surface area contributed by atoms with Gasteiger partial charge in [0.05, 0.1) is 20.6 Å². The lowest BCUT2D eigenvalue weighted by atomic mass is 10.1. The largest absolute Gasteiger partial charge is 0.496 e. The van der Waals surface area contributed by atoms with Crippen molar-refractivity contribution in [1.82, 2.24) is 0 Å². The Hall–Kier alpha value is -1.03. The number of hydrogen-bond acceptors (Lipinski definition) is 3. The molecule has 0 saturated carbocycles. The van der Waals surface area contributed by atoms with Crippen LogP contribution in [-0.2, 0) is 16.0 Å². The molecule has 4 heteroatoms. The van der Waals surface area contributed by atoms with E-state index in [9.17, 15) is 4.79 Å². The number of carbonyl (C=O) groups excluding carboxylic acids is 1. The summed E-state index contributed by atoms with van der Waals surface area (Å²) in [5.41, 5.74) is 1.89. The van der Waals surface area contributed by atoms with Crippen molar-refractivity contribution < 1.29 is 14.3 Å². The summed E-state index contributed by atoms with van der Waals surface area (Å²) >= 11 is 3.44. The minimum absolute atomic E-state index is 0.210. The van der Waals surface area contributed by atoms with Crippen LogP contribution >= 0.6 is 15.9 Å². The van der Waals surface area contributed by atoms with E-state index >= 15 is 0 Å². The first-order valence-corrected chi connectivity index (χ1v) is 5.28. The summed E-state index contributed by atoms with van der Waals surface area (Å²) in [6.45, 7) is 1.96. The average Bonchev–Trinajstić information content (AvgIpc) is 2.25. The Balaban J connectivity index is 3.12. The predicted octanol–water partition coefficient (Wildman–Crippen LogP) is 2.48. The SMILES string of the molecule is COC(=O)Cc1c(OC)ccc(C)c1Br. The van der Waals surface area contributed by atoms with E-state index in [-0.39, 0.29) is 12.4 Å². The first-order chi connectivity index (χ1) is 7.10. The summed E-state index contributed by atoms with van der Waals surface area (Å²) in [5.74, 6) is 0.414. The number of methoxy groups -OCH3 is 2. The summed E-state index contributed by atoms with van der Waals surface area (Å²) in [5, 5.41) is 0. The fourth-order valence-electron chi connectivity index (χ4n) is 1.29. The molecular weight excluding hydrogens is 260 g/mol. The lowest BCUT2D eigenvalue weighted by molar-refractivity contribution is -0.139. The molecule has 0 heterocycles. The molecule has 1 rings (SSSR count). The van der Waals surface area contributed by atoms with Crippen LogP contribution in [0, 0.1) is 6.92 Å². The van der Waals surface area contributed by atoms with Crippen molar-refractivity contribution >= 4 is 21.9 Å². The summed E-state index contributed by atoms with van der Waals surface area (Å²) in [4.78, 5) is 11.2. The normalized spacial score (nSPS) is 9.87. The minimum Gasteiger partial charge on any atom is -0.496 e. The summed E-state index contributed by atoms with van der Waals surface area (Å²) < 4.78 is 10.7. The molecule has 82 valence electrons. The molecule has 0 bridgehead atoms. The Labute approximate surface area is 97.5 Å². The Kier molecular flexibility index (Phi) is 4.15. The highest BCUT2D eigenvalue weighted by molar-refractivity contribution is 9.10. The van der Waals surface area contributed by atoms with Crippen LogP contribution in [0.15, 0.2) is 16.6 Å². The van der Waals surface area contributed by atoms with Crippen LogP contribution in [0.2, 0.25) is 0 Å². The third-order valence-electron chi connectivity index (χ3n) is 2.16. The van der Waals surface area contributed by atoms with Crippen molar-refractivity contribution in [2.24, 2.45) is 0 Å². The van der Waals surface area contributed by atoms with Crippen molar-refractivity contribution in [2.45, 2.75) is 13.3 Å². The lowest BCUT2D eigenvalue weighted by Crippen LogP contribution is -2.07. The second-order valence-electron chi connectivity index (χ2n) is 3.13. The number of halogens is 1. The fraction of sp³-hybridized carbons (Fsp3) is 0.364. The molecule has 0 radical (unpaired) electrons. The van der Waals surface area contributed by atoms with E-state index in [4.69, 9.17) is 4.74 Å². The third-order valence-corrected chi connectivity index (χ3v) is 3.27. The summed E-state index contributed by atoms with van der Waals surface area (Å²) in [7, 11) is 2.95. The van der Waals surface area contributed by atoms with Crippen molar-refractivity contribution in [3.63, 3.8) is 0 Å². The van der Waals surface area contributed by atoms with E-state index in [0.717, 1.165) is 15.6 Å². The second kappa shape index (κ2) is 5.16. The van der Waals surface area contributed by atoms with Gasteiger partial charge in [-0.3, -0.25) is 4.79 Å². The van der Waals surface area contributed by atoms with Gasteiger partial charge in [-0.2, -0.15) is 0 Å². The molecule has 0 aliphatic heterocycles. The van der Waals surface area contributed by atoms with E-state index in [1.165, 1.54) is 7.11 Å². The molecule has 1 aromatic carbocycles. The molecule has 0 atom stereocenters. The molecule has 1 aromatic rings. The van der Waals surface area contributed by atoms with Crippen LogP contribution < -0.4 is 4.74 Å². The van der Waals surface area contributed by atoms with E-state index in [2.05, 4.69) is 20.7 Å². The molecule has 0 aromatic heterocycles. The average molecular weight is 273 g/mol. The van der Waals surface area contributed by atoms with Gasteiger partial charge in [0, 0.05) is 10.0 Å². The summed E-state index contributed by atoms with van der Waals surface area (Å²) in [6, 6.07) is 3.78. The predicted molar refractivity (Wildman–Crippen MR) is 61.2 cm³/mol. The van der Waals surface area contributed by atoms with Crippen LogP contribution in [0.5, 0.6) is 5.75 Å². The van der Waals surface area contributed by atoms with Gasteiger partial charge in [-0.15, -0.1) is 0 Å². The number of carbonyl (C=O) groups is 1. The molecule has 0 spiro atoms. The molecule has 0 unspecified atom stereocenters. The smallest absolute Gasteiger partial charge is 0.310 e. The third kappa shape index (κ3) is 2.72. The van der Waals surface area contributed by atoms with Gasteiger partial charge in [0.2, 0.25) is 0 Å². The zero-order valence-electron chi connectivity index (χ0n) is 8.96. The Morgan fingerprint density at radius 3 is 2.60 bits per heavy atom. The van der Waals surface area contributed by atoms with Crippen molar-refractivity contribution in [3.8, 4) is 5.75 Å². The van der Waals surface area contributed by atoms with Crippen molar-refractivity contribution in [1.29, 1.82) is 0 Å². The first-order valence-electron chi connectivity index (χ1n) is 4.49. The van der Waals surface area contributed by atoms with Gasteiger partial charge in [-0.1, -0.05) is 22.0 Å². The zero-order valence-corrected chi connectivity index (χ0v) is 10.6. The van der Waals surface area contributed by atoms with E-state index in [1.807, 2.05) is 19.1 Å². The topological polar surface area (TPSA) is 35.5 Å². The number of esters is 1. The number of benzene rings is 1. The zero-order chi connectivity index (χ0) is 11.4. The summed E-state index contributed by atoms with van der Waals surface area (Å²) in [6.07, 6.45) is 0.210. The fourth-order valence-corrected chi connectivity index (χ4v) is 1.76. The standard InChI is InChI=1S/C11H13BrO3/c1-7-4-5-9(14-2)8(11(7)12)6-10(13)15-3/h4-5H,6H2,1-3H3.